The van der Waals surface area contributed by atoms with Crippen molar-refractivity contribution in [2.45, 2.75) is 33.1 Å². The fourth-order valence-electron chi connectivity index (χ4n) is 2.46. The Labute approximate surface area is 98.6 Å². The highest BCUT2D eigenvalue weighted by atomic mass is 16.2. The third-order valence-corrected chi connectivity index (χ3v) is 3.85. The first-order chi connectivity index (χ1) is 7.65. The number of carbonyl (C=O) groups excluding carboxylic acids is 1. The van der Waals surface area contributed by atoms with Crippen molar-refractivity contribution in [2.75, 3.05) is 32.7 Å². The summed E-state index contributed by atoms with van der Waals surface area (Å²) in [6.45, 7) is 8.25. The lowest BCUT2D eigenvalue weighted by atomic mass is 9.82. The summed E-state index contributed by atoms with van der Waals surface area (Å²) < 4.78 is 0. The summed E-state index contributed by atoms with van der Waals surface area (Å²) in [6, 6.07) is 0. The van der Waals surface area contributed by atoms with Crippen LogP contribution in [0.2, 0.25) is 0 Å². The number of nitrogens with two attached hydrogens (primary N) is 1. The van der Waals surface area contributed by atoms with Crippen molar-refractivity contribution in [1.29, 1.82) is 0 Å². The minimum Gasteiger partial charge on any atom is -0.354 e. The Morgan fingerprint density at radius 1 is 1.44 bits per heavy atom. The van der Waals surface area contributed by atoms with Gasteiger partial charge in [-0.05, 0) is 31.2 Å². The van der Waals surface area contributed by atoms with Crippen molar-refractivity contribution < 1.29 is 4.79 Å². The van der Waals surface area contributed by atoms with E-state index in [1.807, 2.05) is 0 Å². The molecule has 3 N–H and O–H groups in total. The molecule has 0 atom stereocenters. The lowest BCUT2D eigenvalue weighted by Gasteiger charge is -2.26. The predicted octanol–water partition coefficient (Wildman–Crippen LogP) is 0.573. The minimum absolute atomic E-state index is 0.105. The summed E-state index contributed by atoms with van der Waals surface area (Å²) in [5.74, 6) is 0.105. The van der Waals surface area contributed by atoms with Crippen molar-refractivity contribution in [3.05, 3.63) is 0 Å². The second-order valence-electron chi connectivity index (χ2n) is 4.81. The molecule has 0 radical (unpaired) electrons. The average Bonchev–Trinajstić information content (AvgIpc) is 2.70. The van der Waals surface area contributed by atoms with E-state index < -0.39 is 0 Å². The Bertz CT molecular complexity index is 226. The number of carbonyl (C=O) groups is 1. The first-order valence-corrected chi connectivity index (χ1v) is 6.35. The van der Waals surface area contributed by atoms with E-state index in [1.54, 1.807) is 0 Å². The highest BCUT2D eigenvalue weighted by Gasteiger charge is 2.35. The minimum atomic E-state index is 0.105. The Kier molecular flexibility index (Phi) is 5.22. The van der Waals surface area contributed by atoms with Gasteiger partial charge < -0.3 is 11.1 Å². The fourth-order valence-corrected chi connectivity index (χ4v) is 2.46. The number of hydrogen-bond donors (Lipinski definition) is 2. The molecule has 4 nitrogen and oxygen atoms in total. The molecule has 0 spiro atoms. The molecule has 0 bridgehead atoms. The van der Waals surface area contributed by atoms with Crippen LogP contribution in [0.1, 0.15) is 33.1 Å². The fraction of sp³-hybridized carbons (Fsp3) is 0.917. The SMILES string of the molecule is CCC1(CC)CCN(CC(=O)NCCN)C1. The lowest BCUT2D eigenvalue weighted by molar-refractivity contribution is -0.122. The highest BCUT2D eigenvalue weighted by molar-refractivity contribution is 5.78. The topological polar surface area (TPSA) is 58.4 Å². The quantitative estimate of drug-likeness (QED) is 0.697. The monoisotopic (exact) mass is 227 g/mol. The van der Waals surface area contributed by atoms with Crippen LogP contribution in [0, 0.1) is 5.41 Å². The Hall–Kier alpha value is -0.610. The number of nitrogens with zero attached hydrogens (tertiary/aromatic N) is 1. The van der Waals surface area contributed by atoms with Crippen LogP contribution >= 0.6 is 0 Å². The van der Waals surface area contributed by atoms with Crippen LogP contribution in [0.25, 0.3) is 0 Å². The first-order valence-electron chi connectivity index (χ1n) is 6.35. The molecule has 1 heterocycles. The summed E-state index contributed by atoms with van der Waals surface area (Å²) in [5, 5.41) is 2.82. The van der Waals surface area contributed by atoms with Gasteiger partial charge in [-0.25, -0.2) is 0 Å². The largest absolute Gasteiger partial charge is 0.354 e. The maximum absolute atomic E-state index is 11.5. The van der Waals surface area contributed by atoms with E-state index in [0.29, 0.717) is 25.0 Å². The van der Waals surface area contributed by atoms with Crippen LogP contribution in [0.5, 0.6) is 0 Å². The summed E-state index contributed by atoms with van der Waals surface area (Å²) in [7, 11) is 0. The number of likely N-dealkylation sites (tertiary alicyclic amines) is 1. The van der Waals surface area contributed by atoms with Crippen molar-refractivity contribution in [3.8, 4) is 0 Å². The second-order valence-corrected chi connectivity index (χ2v) is 4.81. The molecular weight excluding hydrogens is 202 g/mol. The predicted molar refractivity (Wildman–Crippen MR) is 66.1 cm³/mol. The van der Waals surface area contributed by atoms with Gasteiger partial charge in [-0.3, -0.25) is 9.69 Å². The molecule has 0 saturated carbocycles. The number of amides is 1. The first kappa shape index (κ1) is 13.5. The molecule has 1 aliphatic heterocycles. The van der Waals surface area contributed by atoms with Crippen LogP contribution in [-0.4, -0.2) is 43.5 Å². The Balaban J connectivity index is 2.33. The maximum Gasteiger partial charge on any atom is 0.234 e. The zero-order chi connectivity index (χ0) is 12.0. The molecule has 1 rings (SSSR count). The van der Waals surface area contributed by atoms with E-state index in [4.69, 9.17) is 5.73 Å². The Morgan fingerprint density at radius 2 is 2.12 bits per heavy atom. The zero-order valence-electron chi connectivity index (χ0n) is 10.6. The zero-order valence-corrected chi connectivity index (χ0v) is 10.6. The van der Waals surface area contributed by atoms with E-state index in [9.17, 15) is 4.79 Å². The van der Waals surface area contributed by atoms with Crippen LogP contribution in [0.15, 0.2) is 0 Å². The normalized spacial score (nSPS) is 19.9. The summed E-state index contributed by atoms with van der Waals surface area (Å²) in [5.41, 5.74) is 5.80. The molecule has 0 aromatic heterocycles. The van der Waals surface area contributed by atoms with Gasteiger partial charge in [-0.1, -0.05) is 13.8 Å². The number of nitrogens with one attached hydrogen (secondary N) is 1. The molecule has 4 heteroatoms. The van der Waals surface area contributed by atoms with Gasteiger partial charge in [-0.15, -0.1) is 0 Å². The van der Waals surface area contributed by atoms with E-state index in [0.717, 1.165) is 13.1 Å². The van der Waals surface area contributed by atoms with Gasteiger partial charge in [-0.2, -0.15) is 0 Å². The Morgan fingerprint density at radius 3 is 2.62 bits per heavy atom. The van der Waals surface area contributed by atoms with Gasteiger partial charge >= 0.3 is 0 Å². The molecule has 94 valence electrons. The third-order valence-electron chi connectivity index (χ3n) is 3.85. The second kappa shape index (κ2) is 6.21. The molecule has 0 aromatic carbocycles. The van der Waals surface area contributed by atoms with Crippen LogP contribution in [0.3, 0.4) is 0 Å². The van der Waals surface area contributed by atoms with Gasteiger partial charge in [0.15, 0.2) is 0 Å². The van der Waals surface area contributed by atoms with Crippen LogP contribution in [0.4, 0.5) is 0 Å². The van der Waals surface area contributed by atoms with E-state index >= 15 is 0 Å². The molecule has 16 heavy (non-hydrogen) atoms. The van der Waals surface area contributed by atoms with E-state index in [2.05, 4.69) is 24.1 Å². The molecule has 1 aliphatic rings. The standard InChI is InChI=1S/C12H25N3O/c1-3-12(4-2)5-8-15(10-12)9-11(16)14-7-6-13/h3-10,13H2,1-2H3,(H,14,16). The van der Waals surface area contributed by atoms with Crippen molar-refractivity contribution >= 4 is 5.91 Å². The van der Waals surface area contributed by atoms with Crippen molar-refractivity contribution in [1.82, 2.24) is 10.2 Å². The average molecular weight is 227 g/mol. The molecule has 1 fully saturated rings. The van der Waals surface area contributed by atoms with E-state index in [1.165, 1.54) is 19.3 Å². The van der Waals surface area contributed by atoms with Crippen molar-refractivity contribution in [2.24, 2.45) is 11.1 Å². The molecule has 1 saturated heterocycles. The smallest absolute Gasteiger partial charge is 0.234 e. The van der Waals surface area contributed by atoms with Gasteiger partial charge in [0, 0.05) is 19.6 Å². The van der Waals surface area contributed by atoms with Crippen LogP contribution in [-0.2, 0) is 4.79 Å². The number of hydrogen-bond acceptors (Lipinski definition) is 3. The molecule has 1 amide bonds. The molecule has 0 unspecified atom stereocenters. The van der Waals surface area contributed by atoms with E-state index in [-0.39, 0.29) is 5.91 Å². The lowest BCUT2D eigenvalue weighted by Crippen LogP contribution is -2.39. The summed E-state index contributed by atoms with van der Waals surface area (Å²) in [4.78, 5) is 13.8. The number of rotatable bonds is 6. The van der Waals surface area contributed by atoms with Crippen molar-refractivity contribution in [3.63, 3.8) is 0 Å². The molecule has 0 aliphatic carbocycles. The maximum atomic E-state index is 11.5. The molecule has 0 aromatic rings. The highest BCUT2D eigenvalue weighted by Crippen LogP contribution is 2.36. The van der Waals surface area contributed by atoms with Gasteiger partial charge in [0.25, 0.3) is 0 Å². The van der Waals surface area contributed by atoms with Gasteiger partial charge in [0.05, 0.1) is 6.54 Å². The van der Waals surface area contributed by atoms with Gasteiger partial charge in [0.2, 0.25) is 5.91 Å². The van der Waals surface area contributed by atoms with Crippen LogP contribution < -0.4 is 11.1 Å². The summed E-state index contributed by atoms with van der Waals surface area (Å²) >= 11 is 0. The van der Waals surface area contributed by atoms with Gasteiger partial charge in [0.1, 0.15) is 0 Å². The third kappa shape index (κ3) is 3.46. The molecular formula is C12H25N3O. The summed E-state index contributed by atoms with van der Waals surface area (Å²) in [6.07, 6.45) is 3.65.